The Hall–Kier alpha value is -1.23. The fourth-order valence-electron chi connectivity index (χ4n) is 2.86. The molecule has 1 aromatic carbocycles. The van der Waals surface area contributed by atoms with Gasteiger partial charge < -0.3 is 4.74 Å². The summed E-state index contributed by atoms with van der Waals surface area (Å²) >= 11 is 1.55. The Morgan fingerprint density at radius 3 is 2.75 bits per heavy atom. The maximum absolute atomic E-state index is 5.79. The highest BCUT2D eigenvalue weighted by atomic mass is 32.1. The van der Waals surface area contributed by atoms with E-state index in [0.29, 0.717) is 12.2 Å². The van der Waals surface area contributed by atoms with Crippen LogP contribution in [0.25, 0.3) is 10.4 Å². The van der Waals surface area contributed by atoms with Crippen molar-refractivity contribution in [1.29, 1.82) is 0 Å². The Labute approximate surface area is 124 Å². The van der Waals surface area contributed by atoms with Crippen molar-refractivity contribution in [1.82, 2.24) is 9.27 Å². The number of rotatable bonds is 3. The van der Waals surface area contributed by atoms with Gasteiger partial charge in [0.15, 0.2) is 0 Å². The first-order valence-corrected chi connectivity index (χ1v) is 7.86. The van der Waals surface area contributed by atoms with Crippen LogP contribution < -0.4 is 0 Å². The van der Waals surface area contributed by atoms with E-state index >= 15 is 0 Å². The summed E-state index contributed by atoms with van der Waals surface area (Å²) in [4.78, 5) is 3.71. The average molecular weight is 288 g/mol. The van der Waals surface area contributed by atoms with Gasteiger partial charge in [0, 0.05) is 25.8 Å². The molecule has 1 saturated heterocycles. The van der Waals surface area contributed by atoms with Gasteiger partial charge in [0.05, 0.1) is 17.1 Å². The fraction of sp³-hybridized carbons (Fsp3) is 0.438. The van der Waals surface area contributed by atoms with Crippen LogP contribution in [0.15, 0.2) is 36.5 Å². The van der Waals surface area contributed by atoms with Crippen LogP contribution >= 0.6 is 11.5 Å². The number of benzene rings is 1. The zero-order valence-electron chi connectivity index (χ0n) is 12.0. The van der Waals surface area contributed by atoms with Crippen molar-refractivity contribution in [2.75, 3.05) is 13.1 Å². The third kappa shape index (κ3) is 3.26. The van der Waals surface area contributed by atoms with Crippen LogP contribution in [-0.2, 0) is 11.3 Å². The van der Waals surface area contributed by atoms with E-state index in [0.717, 1.165) is 19.6 Å². The van der Waals surface area contributed by atoms with Gasteiger partial charge in [0.25, 0.3) is 0 Å². The lowest BCUT2D eigenvalue weighted by Crippen LogP contribution is -2.44. The average Bonchev–Trinajstić information content (AvgIpc) is 2.91. The van der Waals surface area contributed by atoms with Crippen LogP contribution in [0.3, 0.4) is 0 Å². The summed E-state index contributed by atoms with van der Waals surface area (Å²) in [6, 6.07) is 10.8. The first-order valence-electron chi connectivity index (χ1n) is 7.08. The lowest BCUT2D eigenvalue weighted by molar-refractivity contribution is -0.0704. The van der Waals surface area contributed by atoms with Gasteiger partial charge in [-0.25, -0.2) is 4.37 Å². The van der Waals surface area contributed by atoms with Crippen LogP contribution in [0.5, 0.6) is 0 Å². The van der Waals surface area contributed by atoms with Gasteiger partial charge in [-0.1, -0.05) is 18.2 Å². The molecule has 1 aliphatic heterocycles. The van der Waals surface area contributed by atoms with Crippen molar-refractivity contribution < 1.29 is 4.74 Å². The molecule has 2 atom stereocenters. The quantitative estimate of drug-likeness (QED) is 0.865. The molecular formula is C16H20N2OS. The molecule has 1 aliphatic rings. The third-order valence-electron chi connectivity index (χ3n) is 3.55. The van der Waals surface area contributed by atoms with E-state index in [2.05, 4.69) is 53.5 Å². The largest absolute Gasteiger partial charge is 0.373 e. The van der Waals surface area contributed by atoms with Crippen LogP contribution in [-0.4, -0.2) is 34.6 Å². The molecule has 0 bridgehead atoms. The molecule has 106 valence electrons. The maximum Gasteiger partial charge on any atom is 0.0678 e. The van der Waals surface area contributed by atoms with Crippen molar-refractivity contribution in [2.45, 2.75) is 32.6 Å². The predicted molar refractivity (Wildman–Crippen MR) is 82.8 cm³/mol. The molecule has 20 heavy (non-hydrogen) atoms. The van der Waals surface area contributed by atoms with E-state index in [9.17, 15) is 0 Å². The highest BCUT2D eigenvalue weighted by Gasteiger charge is 2.22. The summed E-state index contributed by atoms with van der Waals surface area (Å²) < 4.78 is 9.97. The van der Waals surface area contributed by atoms with E-state index < -0.39 is 0 Å². The molecule has 0 N–H and O–H groups in total. The molecule has 0 unspecified atom stereocenters. The molecule has 4 heteroatoms. The Kier molecular flexibility index (Phi) is 4.15. The van der Waals surface area contributed by atoms with E-state index in [1.807, 2.05) is 6.20 Å². The fourth-order valence-corrected chi connectivity index (χ4v) is 3.45. The van der Waals surface area contributed by atoms with Crippen molar-refractivity contribution in [3.63, 3.8) is 0 Å². The van der Waals surface area contributed by atoms with Crippen molar-refractivity contribution >= 4 is 11.5 Å². The Balaban J connectivity index is 1.73. The molecule has 0 spiro atoms. The molecule has 0 saturated carbocycles. The van der Waals surface area contributed by atoms with E-state index in [4.69, 9.17) is 4.74 Å². The van der Waals surface area contributed by atoms with Crippen LogP contribution in [0, 0.1) is 0 Å². The first-order chi connectivity index (χ1) is 9.70. The number of nitrogens with zero attached hydrogens (tertiary/aromatic N) is 2. The first kappa shape index (κ1) is 13.7. The van der Waals surface area contributed by atoms with Gasteiger partial charge in [0.2, 0.25) is 0 Å². The smallest absolute Gasteiger partial charge is 0.0678 e. The predicted octanol–water partition coefficient (Wildman–Crippen LogP) is 3.42. The van der Waals surface area contributed by atoms with E-state index in [-0.39, 0.29) is 0 Å². The second kappa shape index (κ2) is 6.04. The van der Waals surface area contributed by atoms with Crippen molar-refractivity contribution in [3.05, 3.63) is 42.1 Å². The molecule has 1 fully saturated rings. The minimum Gasteiger partial charge on any atom is -0.373 e. The summed E-state index contributed by atoms with van der Waals surface area (Å²) in [5.41, 5.74) is 2.62. The zero-order valence-corrected chi connectivity index (χ0v) is 12.8. The van der Waals surface area contributed by atoms with Crippen molar-refractivity contribution in [3.8, 4) is 10.4 Å². The van der Waals surface area contributed by atoms with Crippen LogP contribution in [0.1, 0.15) is 19.4 Å². The van der Waals surface area contributed by atoms with Crippen molar-refractivity contribution in [2.24, 2.45) is 0 Å². The Morgan fingerprint density at radius 1 is 1.25 bits per heavy atom. The molecule has 3 rings (SSSR count). The van der Waals surface area contributed by atoms with Crippen LogP contribution in [0.4, 0.5) is 0 Å². The number of morpholine rings is 1. The van der Waals surface area contributed by atoms with E-state index in [1.54, 1.807) is 11.5 Å². The number of aromatic nitrogens is 1. The summed E-state index contributed by atoms with van der Waals surface area (Å²) in [6.07, 6.45) is 2.50. The second-order valence-corrected chi connectivity index (χ2v) is 6.36. The molecule has 2 heterocycles. The topological polar surface area (TPSA) is 25.4 Å². The van der Waals surface area contributed by atoms with Gasteiger partial charge in [-0.3, -0.25) is 4.90 Å². The monoisotopic (exact) mass is 288 g/mol. The van der Waals surface area contributed by atoms with Gasteiger partial charge >= 0.3 is 0 Å². The van der Waals surface area contributed by atoms with Gasteiger partial charge in [-0.05, 0) is 48.6 Å². The minimum absolute atomic E-state index is 0.323. The van der Waals surface area contributed by atoms with E-state index in [1.165, 1.54) is 16.0 Å². The van der Waals surface area contributed by atoms with Gasteiger partial charge in [0.1, 0.15) is 0 Å². The number of ether oxygens (including phenoxy) is 1. The molecule has 0 radical (unpaired) electrons. The Bertz CT molecular complexity index is 545. The molecule has 1 aromatic heterocycles. The molecule has 3 nitrogen and oxygen atoms in total. The number of hydrogen-bond acceptors (Lipinski definition) is 4. The summed E-state index contributed by atoms with van der Waals surface area (Å²) in [5.74, 6) is 0. The SMILES string of the molecule is C[C@@H]1CN(Cc2cccc(-c3ccns3)c2)C[C@H](C)O1. The summed E-state index contributed by atoms with van der Waals surface area (Å²) in [5, 5.41) is 0. The molecular weight excluding hydrogens is 268 g/mol. The van der Waals surface area contributed by atoms with Gasteiger partial charge in [-0.2, -0.15) is 0 Å². The third-order valence-corrected chi connectivity index (χ3v) is 4.35. The number of hydrogen-bond donors (Lipinski definition) is 0. The van der Waals surface area contributed by atoms with Gasteiger partial charge in [-0.15, -0.1) is 0 Å². The highest BCUT2D eigenvalue weighted by Crippen LogP contribution is 2.24. The summed E-state index contributed by atoms with van der Waals surface area (Å²) in [7, 11) is 0. The normalized spacial score (nSPS) is 23.9. The second-order valence-electron chi connectivity index (χ2n) is 5.53. The molecule has 2 aromatic rings. The zero-order chi connectivity index (χ0) is 13.9. The summed E-state index contributed by atoms with van der Waals surface area (Å²) in [6.45, 7) is 7.31. The highest BCUT2D eigenvalue weighted by molar-refractivity contribution is 7.09. The lowest BCUT2D eigenvalue weighted by Gasteiger charge is -2.35. The minimum atomic E-state index is 0.323. The van der Waals surface area contributed by atoms with Crippen LogP contribution in [0.2, 0.25) is 0 Å². The molecule has 0 amide bonds. The lowest BCUT2D eigenvalue weighted by atomic mass is 10.1. The standard InChI is InChI=1S/C16H20N2OS/c1-12-9-18(10-13(2)19-12)11-14-4-3-5-15(8-14)16-6-7-17-20-16/h3-8,12-13H,9-11H2,1-2H3/t12-,13+. The Morgan fingerprint density at radius 2 is 2.05 bits per heavy atom. The molecule has 0 aliphatic carbocycles. The maximum atomic E-state index is 5.79.